The van der Waals surface area contributed by atoms with Gasteiger partial charge in [0.15, 0.2) is 22.9 Å². The van der Waals surface area contributed by atoms with Crippen molar-refractivity contribution in [2.75, 3.05) is 0 Å². The lowest BCUT2D eigenvalue weighted by Gasteiger charge is -1.88. The number of halogens is 1. The number of aromatic nitrogens is 2. The predicted octanol–water partition coefficient (Wildman–Crippen LogP) is 0.989. The Bertz CT molecular complexity index is 233. The second kappa shape index (κ2) is 2.29. The fourth-order valence-corrected chi connectivity index (χ4v) is 0.850. The van der Waals surface area contributed by atoms with Crippen molar-refractivity contribution in [3.63, 3.8) is 0 Å². The summed E-state index contributed by atoms with van der Waals surface area (Å²) in [4.78, 5) is 12.9. The standard InChI is InChI=1S/C3H2IN3O2/c4-6-2-1-5-3(6)7(8)9/h1-2H. The molecule has 0 radical (unpaired) electrons. The molecule has 0 aliphatic heterocycles. The summed E-state index contributed by atoms with van der Waals surface area (Å²) in [6.45, 7) is 0. The van der Waals surface area contributed by atoms with Gasteiger partial charge in [0.1, 0.15) is 12.4 Å². The monoisotopic (exact) mass is 239 g/mol. The van der Waals surface area contributed by atoms with Gasteiger partial charge >= 0.3 is 5.95 Å². The minimum absolute atomic E-state index is 0.143. The van der Waals surface area contributed by atoms with E-state index >= 15 is 0 Å². The lowest BCUT2D eigenvalue weighted by molar-refractivity contribution is -0.394. The Labute approximate surface area is 64.3 Å². The van der Waals surface area contributed by atoms with Gasteiger partial charge in [0.2, 0.25) is 0 Å². The highest BCUT2D eigenvalue weighted by Crippen LogP contribution is 2.09. The van der Waals surface area contributed by atoms with Crippen LogP contribution >= 0.6 is 22.9 Å². The van der Waals surface area contributed by atoms with Crippen LogP contribution in [0.4, 0.5) is 5.95 Å². The fourth-order valence-electron chi connectivity index (χ4n) is 0.405. The molecule has 1 aromatic heterocycles. The summed E-state index contributed by atoms with van der Waals surface area (Å²) >= 11 is 1.78. The zero-order valence-electron chi connectivity index (χ0n) is 4.19. The summed E-state index contributed by atoms with van der Waals surface area (Å²) in [5, 5.41) is 10.0. The molecule has 0 aromatic carbocycles. The molecule has 0 aliphatic carbocycles. The summed E-state index contributed by atoms with van der Waals surface area (Å²) < 4.78 is 1.32. The van der Waals surface area contributed by atoms with Crippen molar-refractivity contribution < 1.29 is 4.92 Å². The molecule has 6 heteroatoms. The van der Waals surface area contributed by atoms with Gasteiger partial charge in [0.05, 0.1) is 0 Å². The molecule has 0 amide bonds. The van der Waals surface area contributed by atoms with Crippen LogP contribution in [0, 0.1) is 10.1 Å². The highest BCUT2D eigenvalue weighted by Gasteiger charge is 2.09. The molecule has 1 rings (SSSR count). The molecule has 1 aromatic rings. The summed E-state index contributed by atoms with van der Waals surface area (Å²) in [5.41, 5.74) is 0. The second-order valence-corrected chi connectivity index (χ2v) is 2.34. The smallest absolute Gasteiger partial charge is 0.390 e. The van der Waals surface area contributed by atoms with E-state index in [9.17, 15) is 10.1 Å². The number of rotatable bonds is 1. The first-order chi connectivity index (χ1) is 4.22. The van der Waals surface area contributed by atoms with E-state index in [4.69, 9.17) is 0 Å². The van der Waals surface area contributed by atoms with E-state index in [0.717, 1.165) is 0 Å². The van der Waals surface area contributed by atoms with Gasteiger partial charge in [-0.1, -0.05) is 4.98 Å². The number of nitrogens with zero attached hydrogens (tertiary/aromatic N) is 3. The molecular weight excluding hydrogens is 237 g/mol. The topological polar surface area (TPSA) is 61.0 Å². The van der Waals surface area contributed by atoms with Crippen LogP contribution in [-0.2, 0) is 0 Å². The molecule has 0 saturated heterocycles. The molecule has 0 N–H and O–H groups in total. The van der Waals surface area contributed by atoms with Crippen LogP contribution in [0.1, 0.15) is 0 Å². The van der Waals surface area contributed by atoms with Crippen LogP contribution < -0.4 is 0 Å². The first-order valence-corrected chi connectivity index (χ1v) is 3.02. The van der Waals surface area contributed by atoms with Crippen LogP contribution in [-0.4, -0.2) is 12.7 Å². The average molecular weight is 239 g/mol. The van der Waals surface area contributed by atoms with Crippen molar-refractivity contribution >= 4 is 28.8 Å². The predicted molar refractivity (Wildman–Crippen MR) is 38.3 cm³/mol. The van der Waals surface area contributed by atoms with E-state index in [-0.39, 0.29) is 5.95 Å². The number of hydrogen-bond donors (Lipinski definition) is 0. The van der Waals surface area contributed by atoms with Gasteiger partial charge in [0, 0.05) is 0 Å². The Hall–Kier alpha value is -0.660. The first kappa shape index (κ1) is 6.46. The van der Waals surface area contributed by atoms with Crippen molar-refractivity contribution in [2.24, 2.45) is 0 Å². The molecule has 0 atom stereocenters. The third-order valence-corrected chi connectivity index (χ3v) is 1.50. The van der Waals surface area contributed by atoms with Gasteiger partial charge in [-0.05, 0) is 4.92 Å². The number of nitro groups is 1. The van der Waals surface area contributed by atoms with E-state index in [2.05, 4.69) is 4.98 Å². The Morgan fingerprint density at radius 2 is 2.56 bits per heavy atom. The SMILES string of the molecule is O=[N+]([O-])c1nccn1I. The molecule has 0 unspecified atom stereocenters. The van der Waals surface area contributed by atoms with Crippen LogP contribution in [0.3, 0.4) is 0 Å². The third-order valence-electron chi connectivity index (χ3n) is 0.742. The molecule has 5 nitrogen and oxygen atoms in total. The second-order valence-electron chi connectivity index (χ2n) is 1.30. The van der Waals surface area contributed by atoms with Crippen molar-refractivity contribution in [1.29, 1.82) is 0 Å². The summed E-state index contributed by atoms with van der Waals surface area (Å²) in [6, 6.07) is 0. The zero-order chi connectivity index (χ0) is 6.85. The average Bonchev–Trinajstić information content (AvgIpc) is 2.13. The molecule has 0 saturated carbocycles. The molecule has 0 bridgehead atoms. The summed E-state index contributed by atoms with van der Waals surface area (Å²) in [5.74, 6) is -0.143. The highest BCUT2D eigenvalue weighted by atomic mass is 127. The third kappa shape index (κ3) is 1.18. The van der Waals surface area contributed by atoms with E-state index in [1.807, 2.05) is 0 Å². The molecule has 0 fully saturated rings. The summed E-state index contributed by atoms with van der Waals surface area (Å²) in [7, 11) is 0. The van der Waals surface area contributed by atoms with Crippen LogP contribution in [0.15, 0.2) is 12.4 Å². The number of imidazole rings is 1. The fraction of sp³-hybridized carbons (Fsp3) is 0. The lowest BCUT2D eigenvalue weighted by Crippen LogP contribution is -1.92. The van der Waals surface area contributed by atoms with Gasteiger partial charge < -0.3 is 10.1 Å². The van der Waals surface area contributed by atoms with Gasteiger partial charge in [-0.3, -0.25) is 0 Å². The molecular formula is C3H2IN3O2. The maximum Gasteiger partial charge on any atom is 0.443 e. The van der Waals surface area contributed by atoms with E-state index < -0.39 is 4.92 Å². The van der Waals surface area contributed by atoms with Crippen LogP contribution in [0.5, 0.6) is 0 Å². The van der Waals surface area contributed by atoms with Gasteiger partial charge in [-0.15, -0.1) is 0 Å². The molecule has 0 spiro atoms. The Morgan fingerprint density at radius 1 is 1.89 bits per heavy atom. The van der Waals surface area contributed by atoms with E-state index in [1.165, 1.54) is 15.2 Å². The lowest BCUT2D eigenvalue weighted by atomic mass is 11.0. The summed E-state index contributed by atoms with van der Waals surface area (Å²) in [6.07, 6.45) is 2.89. The maximum atomic E-state index is 10.0. The maximum absolute atomic E-state index is 10.0. The van der Waals surface area contributed by atoms with E-state index in [1.54, 1.807) is 22.9 Å². The normalized spacial score (nSPS) is 9.44. The quantitative estimate of drug-likeness (QED) is 0.417. The van der Waals surface area contributed by atoms with Crippen molar-refractivity contribution in [1.82, 2.24) is 7.76 Å². The van der Waals surface area contributed by atoms with Crippen molar-refractivity contribution in [2.45, 2.75) is 0 Å². The molecule has 0 aliphatic rings. The van der Waals surface area contributed by atoms with Gasteiger partial charge in [-0.25, -0.2) is 0 Å². The highest BCUT2D eigenvalue weighted by molar-refractivity contribution is 14.1. The van der Waals surface area contributed by atoms with Crippen LogP contribution in [0.25, 0.3) is 0 Å². The number of hydrogen-bond acceptors (Lipinski definition) is 3. The Kier molecular flexibility index (Phi) is 1.65. The molecule has 9 heavy (non-hydrogen) atoms. The first-order valence-electron chi connectivity index (χ1n) is 2.05. The van der Waals surface area contributed by atoms with Gasteiger partial charge in [0.25, 0.3) is 0 Å². The van der Waals surface area contributed by atoms with Crippen molar-refractivity contribution in [3.8, 4) is 0 Å². The molecule has 48 valence electrons. The van der Waals surface area contributed by atoms with Crippen molar-refractivity contribution in [3.05, 3.63) is 22.5 Å². The zero-order valence-corrected chi connectivity index (χ0v) is 6.35. The minimum atomic E-state index is -0.535. The van der Waals surface area contributed by atoms with Crippen LogP contribution in [0.2, 0.25) is 0 Å². The largest absolute Gasteiger partial charge is 0.443 e. The Balaban J connectivity index is 3.08. The minimum Gasteiger partial charge on any atom is -0.390 e. The molecule has 1 heterocycles. The van der Waals surface area contributed by atoms with Gasteiger partial charge in [-0.2, -0.15) is 2.78 Å². The Morgan fingerprint density at radius 3 is 2.78 bits per heavy atom. The van der Waals surface area contributed by atoms with E-state index in [0.29, 0.717) is 0 Å².